The number of nitrogen functional groups attached to an aromatic ring is 1. The number of hydrogen-bond donors (Lipinski definition) is 2. The van der Waals surface area contributed by atoms with E-state index in [0.29, 0.717) is 17.7 Å². The molecule has 4 nitrogen and oxygen atoms in total. The summed E-state index contributed by atoms with van der Waals surface area (Å²) >= 11 is 5.84. The predicted molar refractivity (Wildman–Crippen MR) is 82.5 cm³/mol. The Balaban J connectivity index is 2.51. The SMILES string of the molecule is CCc1ccc(N)cc1S(=O)(=O)Nc1c(F)cccc1Cl. The number of aryl methyl sites for hydroxylation is 1. The van der Waals surface area contributed by atoms with E-state index in [9.17, 15) is 12.8 Å². The van der Waals surface area contributed by atoms with Crippen LogP contribution in [0.4, 0.5) is 15.8 Å². The van der Waals surface area contributed by atoms with Gasteiger partial charge in [-0.05, 0) is 36.2 Å². The molecule has 0 aliphatic heterocycles. The fourth-order valence-corrected chi connectivity index (χ4v) is 3.60. The molecule has 0 aromatic heterocycles. The molecule has 0 atom stereocenters. The molecule has 0 saturated heterocycles. The molecule has 21 heavy (non-hydrogen) atoms. The monoisotopic (exact) mass is 328 g/mol. The van der Waals surface area contributed by atoms with E-state index in [2.05, 4.69) is 4.72 Å². The molecule has 3 N–H and O–H groups in total. The van der Waals surface area contributed by atoms with Crippen molar-refractivity contribution >= 4 is 33.0 Å². The summed E-state index contributed by atoms with van der Waals surface area (Å²) in [6.45, 7) is 1.82. The van der Waals surface area contributed by atoms with Gasteiger partial charge in [-0.15, -0.1) is 0 Å². The van der Waals surface area contributed by atoms with Gasteiger partial charge in [-0.25, -0.2) is 12.8 Å². The Morgan fingerprint density at radius 3 is 2.62 bits per heavy atom. The maximum Gasteiger partial charge on any atom is 0.262 e. The van der Waals surface area contributed by atoms with Crippen molar-refractivity contribution in [3.05, 3.63) is 52.8 Å². The highest BCUT2D eigenvalue weighted by Crippen LogP contribution is 2.29. The normalized spacial score (nSPS) is 11.4. The lowest BCUT2D eigenvalue weighted by molar-refractivity contribution is 0.597. The molecule has 0 heterocycles. The third-order valence-electron chi connectivity index (χ3n) is 2.96. The Bertz CT molecular complexity index is 758. The lowest BCUT2D eigenvalue weighted by atomic mass is 10.1. The molecule has 0 amide bonds. The van der Waals surface area contributed by atoms with Gasteiger partial charge in [0.05, 0.1) is 9.92 Å². The highest BCUT2D eigenvalue weighted by atomic mass is 35.5. The van der Waals surface area contributed by atoms with Crippen molar-refractivity contribution in [3.63, 3.8) is 0 Å². The Kier molecular flexibility index (Phi) is 4.39. The third kappa shape index (κ3) is 3.28. The standard InChI is InChI=1S/C14H14ClFN2O2S/c1-2-9-6-7-10(17)8-13(9)21(19,20)18-14-11(15)4-3-5-12(14)16/h3-8,18H,2,17H2,1H3. The topological polar surface area (TPSA) is 72.2 Å². The van der Waals surface area contributed by atoms with Crippen LogP contribution in [0.5, 0.6) is 0 Å². The van der Waals surface area contributed by atoms with E-state index in [4.69, 9.17) is 17.3 Å². The number of para-hydroxylation sites is 1. The number of hydrogen-bond acceptors (Lipinski definition) is 3. The zero-order chi connectivity index (χ0) is 15.6. The molecule has 0 unspecified atom stereocenters. The molecule has 2 aromatic carbocycles. The number of sulfonamides is 1. The average Bonchev–Trinajstić information content (AvgIpc) is 2.43. The van der Waals surface area contributed by atoms with Crippen molar-refractivity contribution in [2.24, 2.45) is 0 Å². The van der Waals surface area contributed by atoms with Crippen LogP contribution in [0.25, 0.3) is 0 Å². The van der Waals surface area contributed by atoms with Crippen LogP contribution in [0.1, 0.15) is 12.5 Å². The Labute approximate surface area is 127 Å². The van der Waals surface area contributed by atoms with Crippen LogP contribution in [0.3, 0.4) is 0 Å². The maximum absolute atomic E-state index is 13.7. The van der Waals surface area contributed by atoms with Crippen molar-refractivity contribution in [2.45, 2.75) is 18.2 Å². The van der Waals surface area contributed by atoms with Gasteiger partial charge in [-0.1, -0.05) is 30.7 Å². The summed E-state index contributed by atoms with van der Waals surface area (Å²) in [7, 11) is -3.98. The lowest BCUT2D eigenvalue weighted by Crippen LogP contribution is -2.16. The van der Waals surface area contributed by atoms with Crippen LogP contribution in [0, 0.1) is 5.82 Å². The zero-order valence-electron chi connectivity index (χ0n) is 11.2. The number of benzene rings is 2. The first-order chi connectivity index (χ1) is 9.85. The van der Waals surface area contributed by atoms with Crippen molar-refractivity contribution in [3.8, 4) is 0 Å². The zero-order valence-corrected chi connectivity index (χ0v) is 12.8. The molecule has 0 saturated carbocycles. The van der Waals surface area contributed by atoms with Crippen molar-refractivity contribution < 1.29 is 12.8 Å². The minimum absolute atomic E-state index is 0.0134. The van der Waals surface area contributed by atoms with Crippen molar-refractivity contribution in [1.82, 2.24) is 0 Å². The first-order valence-corrected chi connectivity index (χ1v) is 8.06. The first kappa shape index (κ1) is 15.6. The largest absolute Gasteiger partial charge is 0.399 e. The minimum Gasteiger partial charge on any atom is -0.399 e. The fraction of sp³-hybridized carbons (Fsp3) is 0.143. The summed E-state index contributed by atoms with van der Waals surface area (Å²) in [5, 5.41) is -0.0134. The van der Waals surface area contributed by atoms with E-state index in [1.54, 1.807) is 12.1 Å². The van der Waals surface area contributed by atoms with Crippen LogP contribution >= 0.6 is 11.6 Å². The fourth-order valence-electron chi connectivity index (χ4n) is 1.90. The van der Waals surface area contributed by atoms with Crippen molar-refractivity contribution in [2.75, 3.05) is 10.5 Å². The van der Waals surface area contributed by atoms with E-state index in [0.717, 1.165) is 6.07 Å². The second-order valence-corrected chi connectivity index (χ2v) is 6.48. The molecule has 0 bridgehead atoms. The lowest BCUT2D eigenvalue weighted by Gasteiger charge is -2.13. The summed E-state index contributed by atoms with van der Waals surface area (Å²) in [5.74, 6) is -0.743. The maximum atomic E-state index is 13.7. The Morgan fingerprint density at radius 1 is 1.29 bits per heavy atom. The minimum atomic E-state index is -3.98. The molecule has 0 fully saturated rings. The molecule has 0 aliphatic carbocycles. The summed E-state index contributed by atoms with van der Waals surface area (Å²) in [4.78, 5) is 0.0179. The van der Waals surface area contributed by atoms with Gasteiger partial charge in [0, 0.05) is 5.69 Å². The van der Waals surface area contributed by atoms with Gasteiger partial charge < -0.3 is 5.73 Å². The molecular formula is C14H14ClFN2O2S. The molecule has 0 radical (unpaired) electrons. The number of anilines is 2. The Morgan fingerprint density at radius 2 is 2.00 bits per heavy atom. The second kappa shape index (κ2) is 5.91. The van der Waals surface area contributed by atoms with Crippen LogP contribution in [0.15, 0.2) is 41.3 Å². The summed E-state index contributed by atoms with van der Waals surface area (Å²) in [6.07, 6.45) is 0.502. The summed E-state index contributed by atoms with van der Waals surface area (Å²) < 4.78 is 40.8. The van der Waals surface area contributed by atoms with E-state index < -0.39 is 15.8 Å². The molecule has 2 rings (SSSR count). The van der Waals surface area contributed by atoms with E-state index in [1.807, 2.05) is 6.92 Å². The van der Waals surface area contributed by atoms with Crippen LogP contribution in [0.2, 0.25) is 5.02 Å². The summed E-state index contributed by atoms with van der Waals surface area (Å²) in [5.41, 5.74) is 6.26. The van der Waals surface area contributed by atoms with Gasteiger partial charge in [-0.3, -0.25) is 4.72 Å². The quantitative estimate of drug-likeness (QED) is 0.845. The molecule has 2 aromatic rings. The molecular weight excluding hydrogens is 315 g/mol. The van der Waals surface area contributed by atoms with E-state index in [1.165, 1.54) is 18.2 Å². The second-order valence-electron chi connectivity index (χ2n) is 4.42. The Hall–Kier alpha value is -1.79. The van der Waals surface area contributed by atoms with Gasteiger partial charge in [-0.2, -0.15) is 0 Å². The smallest absolute Gasteiger partial charge is 0.262 e. The highest BCUT2D eigenvalue weighted by Gasteiger charge is 2.21. The number of halogens is 2. The van der Waals surface area contributed by atoms with Crippen LogP contribution < -0.4 is 10.5 Å². The van der Waals surface area contributed by atoms with Gasteiger partial charge in [0.15, 0.2) is 0 Å². The first-order valence-electron chi connectivity index (χ1n) is 6.20. The number of nitrogens with one attached hydrogen (secondary N) is 1. The van der Waals surface area contributed by atoms with Gasteiger partial charge in [0.2, 0.25) is 0 Å². The van der Waals surface area contributed by atoms with Gasteiger partial charge in [0.1, 0.15) is 11.5 Å². The van der Waals surface area contributed by atoms with Gasteiger partial charge >= 0.3 is 0 Å². The average molecular weight is 329 g/mol. The number of nitrogens with two attached hydrogens (primary N) is 1. The third-order valence-corrected chi connectivity index (χ3v) is 4.71. The van der Waals surface area contributed by atoms with Crippen LogP contribution in [-0.2, 0) is 16.4 Å². The van der Waals surface area contributed by atoms with Crippen molar-refractivity contribution in [1.29, 1.82) is 0 Å². The summed E-state index contributed by atoms with van der Waals surface area (Å²) in [6, 6.07) is 8.52. The van der Waals surface area contributed by atoms with E-state index >= 15 is 0 Å². The molecule has 7 heteroatoms. The molecule has 112 valence electrons. The van der Waals surface area contributed by atoms with Crippen LogP contribution in [-0.4, -0.2) is 8.42 Å². The number of rotatable bonds is 4. The predicted octanol–water partition coefficient (Wildman–Crippen LogP) is 3.42. The molecule has 0 aliphatic rings. The molecule has 0 spiro atoms. The van der Waals surface area contributed by atoms with Gasteiger partial charge in [0.25, 0.3) is 10.0 Å². The van der Waals surface area contributed by atoms with E-state index in [-0.39, 0.29) is 15.6 Å². The highest BCUT2D eigenvalue weighted by molar-refractivity contribution is 7.92.